The van der Waals surface area contributed by atoms with Crippen molar-refractivity contribution in [2.24, 2.45) is 0 Å². The fourth-order valence-electron chi connectivity index (χ4n) is 1.18. The number of nitrogens with zero attached hydrogens (tertiary/aromatic N) is 2. The maximum absolute atomic E-state index is 12.1. The number of carbonyl (C=O) groups is 1. The Morgan fingerprint density at radius 3 is 2.60 bits per heavy atom. The molecule has 0 bridgehead atoms. The molecule has 8 nitrogen and oxygen atoms in total. The van der Waals surface area contributed by atoms with Gasteiger partial charge in [-0.1, -0.05) is 0 Å². The fourth-order valence-corrected chi connectivity index (χ4v) is 1.18. The van der Waals surface area contributed by atoms with E-state index in [4.69, 9.17) is 0 Å². The van der Waals surface area contributed by atoms with Crippen molar-refractivity contribution in [3.05, 3.63) is 21.9 Å². The molecule has 1 heterocycles. The van der Waals surface area contributed by atoms with Crippen molar-refractivity contribution in [1.29, 1.82) is 0 Å². The zero-order chi connectivity index (χ0) is 15.5. The molecular weight excluding hydrogens is 289 g/mol. The van der Waals surface area contributed by atoms with Crippen LogP contribution in [0.3, 0.4) is 0 Å². The van der Waals surface area contributed by atoms with Crippen molar-refractivity contribution >= 4 is 11.7 Å². The van der Waals surface area contributed by atoms with Gasteiger partial charge in [0.2, 0.25) is 0 Å². The lowest BCUT2D eigenvalue weighted by atomic mass is 10.2. The van der Waals surface area contributed by atoms with Crippen LogP contribution in [-0.4, -0.2) is 34.5 Å². The highest BCUT2D eigenvalue weighted by Gasteiger charge is 2.35. The second-order valence-corrected chi connectivity index (χ2v) is 3.34. The predicted octanol–water partition coefficient (Wildman–Crippen LogP) is 1.31. The molecule has 0 aliphatic carbocycles. The van der Waals surface area contributed by atoms with Gasteiger partial charge in [-0.05, 0) is 0 Å². The summed E-state index contributed by atoms with van der Waals surface area (Å²) in [4.78, 5) is 23.7. The van der Waals surface area contributed by atoms with E-state index >= 15 is 0 Å². The highest BCUT2D eigenvalue weighted by molar-refractivity contribution is 5.72. The molecular formula is C9H7F3N2O6. The van der Waals surface area contributed by atoms with E-state index in [1.54, 1.807) is 0 Å². The van der Waals surface area contributed by atoms with E-state index in [1.807, 2.05) is 0 Å². The van der Waals surface area contributed by atoms with Gasteiger partial charge >= 0.3 is 18.0 Å². The fraction of sp³-hybridized carbons (Fsp3) is 0.333. The molecule has 20 heavy (non-hydrogen) atoms. The van der Waals surface area contributed by atoms with E-state index in [2.05, 4.69) is 14.5 Å². The molecule has 0 unspecified atom stereocenters. The highest BCUT2D eigenvalue weighted by atomic mass is 19.4. The first-order valence-corrected chi connectivity index (χ1v) is 4.84. The number of hydrogen-bond donors (Lipinski definition) is 1. The van der Waals surface area contributed by atoms with E-state index in [0.29, 0.717) is 6.07 Å². The smallest absolute Gasteiger partial charge is 0.498 e. The molecule has 0 fully saturated rings. The van der Waals surface area contributed by atoms with Crippen LogP contribution in [-0.2, 0) is 16.0 Å². The topological polar surface area (TPSA) is 112 Å². The maximum atomic E-state index is 12.1. The first kappa shape index (κ1) is 15.5. The number of pyridine rings is 1. The van der Waals surface area contributed by atoms with Crippen molar-refractivity contribution < 1.29 is 37.5 Å². The number of aromatic hydroxyl groups is 1. The van der Waals surface area contributed by atoms with Crippen LogP contribution in [0.25, 0.3) is 0 Å². The average molecular weight is 296 g/mol. The van der Waals surface area contributed by atoms with Gasteiger partial charge in [0.15, 0.2) is 0 Å². The first-order chi connectivity index (χ1) is 9.14. The second kappa shape index (κ2) is 5.59. The minimum Gasteiger partial charge on any atom is -0.498 e. The normalized spacial score (nSPS) is 11.0. The number of halogens is 3. The van der Waals surface area contributed by atoms with Crippen LogP contribution < -0.4 is 4.74 Å². The molecule has 0 saturated heterocycles. The van der Waals surface area contributed by atoms with Crippen LogP contribution in [0.1, 0.15) is 5.69 Å². The summed E-state index contributed by atoms with van der Waals surface area (Å²) in [6, 6.07) is 0.648. The van der Waals surface area contributed by atoms with Gasteiger partial charge in [-0.2, -0.15) is 0 Å². The Balaban J connectivity index is 3.27. The van der Waals surface area contributed by atoms with Gasteiger partial charge in [-0.25, -0.2) is 4.98 Å². The van der Waals surface area contributed by atoms with Crippen molar-refractivity contribution in [1.82, 2.24) is 4.98 Å². The summed E-state index contributed by atoms with van der Waals surface area (Å²) in [6.45, 7) is 0. The van der Waals surface area contributed by atoms with E-state index in [-0.39, 0.29) is 0 Å². The van der Waals surface area contributed by atoms with Gasteiger partial charge < -0.3 is 14.6 Å². The van der Waals surface area contributed by atoms with Crippen LogP contribution in [0.4, 0.5) is 18.9 Å². The molecule has 0 spiro atoms. The number of aromatic nitrogens is 1. The summed E-state index contributed by atoms with van der Waals surface area (Å²) < 4.78 is 43.9. The number of esters is 1. The van der Waals surface area contributed by atoms with Crippen molar-refractivity contribution in [3.8, 4) is 11.6 Å². The predicted molar refractivity (Wildman–Crippen MR) is 55.0 cm³/mol. The Morgan fingerprint density at radius 2 is 2.15 bits per heavy atom. The molecule has 0 atom stereocenters. The molecule has 0 aliphatic rings. The number of methoxy groups -OCH3 is 1. The monoisotopic (exact) mass is 296 g/mol. The summed E-state index contributed by atoms with van der Waals surface area (Å²) in [6.07, 6.45) is -5.83. The minimum atomic E-state index is -5.21. The number of alkyl halides is 3. The SMILES string of the molecule is COC(=O)Cc1cc([N+](=O)[O-])c(O)c(OC(F)(F)F)n1. The largest absolute Gasteiger partial charge is 0.574 e. The minimum absolute atomic E-state index is 0.416. The Labute approximate surface area is 108 Å². The van der Waals surface area contributed by atoms with Crippen molar-refractivity contribution in [3.63, 3.8) is 0 Å². The van der Waals surface area contributed by atoms with Gasteiger partial charge in [0, 0.05) is 6.07 Å². The number of hydrogen-bond acceptors (Lipinski definition) is 7. The third-order valence-electron chi connectivity index (χ3n) is 1.96. The lowest BCUT2D eigenvalue weighted by Crippen LogP contribution is -2.19. The summed E-state index contributed by atoms with van der Waals surface area (Å²) in [5.41, 5.74) is -1.49. The van der Waals surface area contributed by atoms with E-state index in [0.717, 1.165) is 7.11 Å². The summed E-state index contributed by atoms with van der Waals surface area (Å²) in [5.74, 6) is -3.68. The molecule has 0 aromatic carbocycles. The standard InChI is InChI=1S/C9H7F3N2O6/c1-19-6(15)3-4-2-5(14(17)18)7(16)8(13-4)20-9(10,11)12/h2,16H,3H2,1H3. The van der Waals surface area contributed by atoms with Gasteiger partial charge in [-0.15, -0.1) is 13.2 Å². The molecule has 1 aromatic heterocycles. The molecule has 0 radical (unpaired) electrons. The number of nitro groups is 1. The zero-order valence-electron chi connectivity index (χ0n) is 9.80. The Morgan fingerprint density at radius 1 is 1.55 bits per heavy atom. The summed E-state index contributed by atoms with van der Waals surface area (Å²) in [7, 11) is 1.02. The van der Waals surface area contributed by atoms with Crippen molar-refractivity contribution in [2.75, 3.05) is 7.11 Å². The first-order valence-electron chi connectivity index (χ1n) is 4.84. The third kappa shape index (κ3) is 3.96. The second-order valence-electron chi connectivity index (χ2n) is 3.34. The number of ether oxygens (including phenoxy) is 2. The number of rotatable bonds is 4. The summed E-state index contributed by atoms with van der Waals surface area (Å²) in [5, 5.41) is 19.9. The van der Waals surface area contributed by atoms with Crippen LogP contribution >= 0.6 is 0 Å². The maximum Gasteiger partial charge on any atom is 0.574 e. The quantitative estimate of drug-likeness (QED) is 0.506. The third-order valence-corrected chi connectivity index (χ3v) is 1.96. The van der Waals surface area contributed by atoms with Gasteiger partial charge in [0.05, 0.1) is 24.1 Å². The molecule has 0 saturated carbocycles. The Bertz CT molecular complexity index is 545. The molecule has 0 aliphatic heterocycles. The Hall–Kier alpha value is -2.59. The van der Waals surface area contributed by atoms with Gasteiger partial charge in [-0.3, -0.25) is 14.9 Å². The van der Waals surface area contributed by atoms with E-state index < -0.39 is 46.7 Å². The molecule has 1 aromatic rings. The highest BCUT2D eigenvalue weighted by Crippen LogP contribution is 2.37. The molecule has 1 rings (SSSR count). The molecule has 1 N–H and O–H groups in total. The molecule has 11 heteroatoms. The lowest BCUT2D eigenvalue weighted by Gasteiger charge is -2.10. The van der Waals surface area contributed by atoms with Crippen LogP contribution in [0.2, 0.25) is 0 Å². The van der Waals surface area contributed by atoms with E-state index in [9.17, 15) is 33.2 Å². The van der Waals surface area contributed by atoms with Crippen LogP contribution in [0.15, 0.2) is 6.07 Å². The molecule has 110 valence electrons. The van der Waals surface area contributed by atoms with Gasteiger partial charge in [0.1, 0.15) is 0 Å². The Kier molecular flexibility index (Phi) is 4.32. The van der Waals surface area contributed by atoms with E-state index in [1.165, 1.54) is 0 Å². The van der Waals surface area contributed by atoms with Gasteiger partial charge in [0.25, 0.3) is 11.6 Å². The van der Waals surface area contributed by atoms with Crippen LogP contribution in [0.5, 0.6) is 11.6 Å². The zero-order valence-corrected chi connectivity index (χ0v) is 9.80. The lowest BCUT2D eigenvalue weighted by molar-refractivity contribution is -0.386. The average Bonchev–Trinajstić information content (AvgIpc) is 2.30. The van der Waals surface area contributed by atoms with Crippen LogP contribution in [0, 0.1) is 10.1 Å². The summed E-state index contributed by atoms with van der Waals surface area (Å²) >= 11 is 0. The number of carbonyl (C=O) groups excluding carboxylic acids is 1. The molecule has 0 amide bonds. The van der Waals surface area contributed by atoms with Crippen molar-refractivity contribution in [2.45, 2.75) is 12.8 Å².